The highest BCUT2D eigenvalue weighted by Gasteiger charge is 2.22. The summed E-state index contributed by atoms with van der Waals surface area (Å²) < 4.78 is 38.3. The third-order valence-corrected chi connectivity index (χ3v) is 5.37. The molecule has 3 N–H and O–H groups in total. The highest BCUT2D eigenvalue weighted by molar-refractivity contribution is 9.10. The van der Waals surface area contributed by atoms with Crippen molar-refractivity contribution in [1.82, 2.24) is 5.32 Å². The Bertz CT molecular complexity index is 610. The van der Waals surface area contributed by atoms with Crippen molar-refractivity contribution in [3.05, 3.63) is 16.5 Å². The monoisotopic (exact) mass is 372 g/mol. The van der Waals surface area contributed by atoms with Crippen molar-refractivity contribution >= 4 is 42.7 Å². The molecule has 108 valence electrons. The van der Waals surface area contributed by atoms with Crippen LogP contribution in [0.3, 0.4) is 0 Å². The average Bonchev–Trinajstić information content (AvgIpc) is 2.67. The van der Waals surface area contributed by atoms with Gasteiger partial charge in [0.2, 0.25) is 10.0 Å². The Hall–Kier alpha value is -0.710. The molecule has 1 aromatic rings. The van der Waals surface area contributed by atoms with E-state index in [1.54, 1.807) is 6.92 Å². The zero-order valence-corrected chi connectivity index (χ0v) is 13.4. The van der Waals surface area contributed by atoms with Crippen molar-refractivity contribution < 1.29 is 21.8 Å². The smallest absolute Gasteiger partial charge is 0.287 e. The van der Waals surface area contributed by atoms with Gasteiger partial charge >= 0.3 is 0 Å². The summed E-state index contributed by atoms with van der Waals surface area (Å²) in [6, 6.07) is 1.03. The van der Waals surface area contributed by atoms with Gasteiger partial charge in [-0.1, -0.05) is 0 Å². The maximum atomic E-state index is 11.7. The van der Waals surface area contributed by atoms with Gasteiger partial charge in [0.1, 0.15) is 4.90 Å². The quantitative estimate of drug-likeness (QED) is 0.763. The molecule has 0 aromatic carbocycles. The molecule has 1 rings (SSSR count). The lowest BCUT2D eigenvalue weighted by atomic mass is 10.4. The van der Waals surface area contributed by atoms with E-state index in [1.807, 2.05) is 0 Å². The van der Waals surface area contributed by atoms with Crippen LogP contribution in [0.2, 0.25) is 0 Å². The molecule has 0 aliphatic rings. The van der Waals surface area contributed by atoms with E-state index in [2.05, 4.69) is 21.2 Å². The molecule has 1 aromatic heterocycles. The molecule has 0 radical (unpaired) electrons. The second-order valence-electron chi connectivity index (χ2n) is 3.81. The number of hydrogen-bond donors (Lipinski definition) is 2. The van der Waals surface area contributed by atoms with Crippen molar-refractivity contribution in [1.29, 1.82) is 0 Å². The van der Waals surface area contributed by atoms with Crippen LogP contribution in [0.25, 0.3) is 0 Å². The predicted octanol–water partition coefficient (Wildman–Crippen LogP) is 0.186. The minimum atomic E-state index is -3.96. The van der Waals surface area contributed by atoms with Crippen LogP contribution in [0, 0.1) is 0 Å². The van der Waals surface area contributed by atoms with Crippen LogP contribution < -0.4 is 10.5 Å². The molecule has 1 heterocycles. The molecule has 19 heavy (non-hydrogen) atoms. The Balaban J connectivity index is 2.82. The number of nitrogens with two attached hydrogens (primary N) is 1. The van der Waals surface area contributed by atoms with Crippen LogP contribution >= 0.6 is 15.9 Å². The van der Waals surface area contributed by atoms with Gasteiger partial charge in [0.15, 0.2) is 10.4 Å². The second kappa shape index (κ2) is 6.16. The van der Waals surface area contributed by atoms with Gasteiger partial charge in [-0.25, -0.2) is 13.6 Å². The fourth-order valence-electron chi connectivity index (χ4n) is 1.10. The SMILES string of the molecule is CC(CNC(=O)c1cc(S(N)(=O)=O)c(Br)o1)S(C)=O. The number of furan rings is 1. The first-order chi connectivity index (χ1) is 8.62. The fourth-order valence-corrected chi connectivity index (χ4v) is 2.92. The molecule has 2 unspecified atom stereocenters. The van der Waals surface area contributed by atoms with Crippen molar-refractivity contribution in [2.75, 3.05) is 12.8 Å². The first-order valence-corrected chi connectivity index (χ1v) is 9.01. The Kier molecular flexibility index (Phi) is 5.30. The molecule has 7 nitrogen and oxygen atoms in total. The summed E-state index contributed by atoms with van der Waals surface area (Å²) in [5.41, 5.74) is 0. The van der Waals surface area contributed by atoms with Crippen LogP contribution in [0.1, 0.15) is 17.5 Å². The Morgan fingerprint density at radius 2 is 2.21 bits per heavy atom. The van der Waals surface area contributed by atoms with Gasteiger partial charge in [0, 0.05) is 34.9 Å². The summed E-state index contributed by atoms with van der Waals surface area (Å²) in [7, 11) is -5.03. The largest absolute Gasteiger partial charge is 0.443 e. The number of halogens is 1. The average molecular weight is 373 g/mol. The zero-order valence-electron chi connectivity index (χ0n) is 10.2. The molecule has 0 saturated carbocycles. The standard InChI is InChI=1S/C9H13BrN2O5S2/c1-5(18(2)14)4-12-9(13)6-3-7(8(10)17-6)19(11,15)16/h3,5H,4H2,1-2H3,(H,12,13)(H2,11,15,16). The minimum absolute atomic E-state index is 0.132. The molecule has 2 atom stereocenters. The molecule has 0 bridgehead atoms. The van der Waals surface area contributed by atoms with E-state index < -0.39 is 26.7 Å². The normalized spacial score (nSPS) is 14.9. The van der Waals surface area contributed by atoms with Crippen LogP contribution in [0.4, 0.5) is 0 Å². The second-order valence-corrected chi connectivity index (χ2v) is 7.86. The van der Waals surface area contributed by atoms with E-state index >= 15 is 0 Å². The van der Waals surface area contributed by atoms with Gasteiger partial charge in [-0.05, 0) is 22.9 Å². The first-order valence-electron chi connectivity index (χ1n) is 5.05. The molecule has 0 saturated heterocycles. The number of primary sulfonamides is 1. The third kappa shape index (κ3) is 4.41. The number of sulfonamides is 1. The summed E-state index contributed by atoms with van der Waals surface area (Å²) >= 11 is 2.87. The summed E-state index contributed by atoms with van der Waals surface area (Å²) in [5.74, 6) is -0.794. The highest BCUT2D eigenvalue weighted by Crippen LogP contribution is 2.24. The zero-order chi connectivity index (χ0) is 14.8. The summed E-state index contributed by atoms with van der Waals surface area (Å²) in [5, 5.41) is 7.21. The summed E-state index contributed by atoms with van der Waals surface area (Å²) in [6.07, 6.45) is 1.53. The van der Waals surface area contributed by atoms with Gasteiger partial charge in [-0.3, -0.25) is 9.00 Å². The molecule has 0 fully saturated rings. The maximum Gasteiger partial charge on any atom is 0.287 e. The Morgan fingerprint density at radius 3 is 2.63 bits per heavy atom. The molecule has 1 amide bonds. The third-order valence-electron chi connectivity index (χ3n) is 2.30. The number of hydrogen-bond acceptors (Lipinski definition) is 5. The van der Waals surface area contributed by atoms with E-state index in [9.17, 15) is 17.4 Å². The van der Waals surface area contributed by atoms with Crippen LogP contribution in [-0.4, -0.2) is 36.6 Å². The van der Waals surface area contributed by atoms with Crippen LogP contribution in [-0.2, 0) is 20.8 Å². The van der Waals surface area contributed by atoms with Gasteiger partial charge in [-0.2, -0.15) is 0 Å². The van der Waals surface area contributed by atoms with Crippen molar-refractivity contribution in [3.63, 3.8) is 0 Å². The number of nitrogens with one attached hydrogen (secondary N) is 1. The molecule has 0 spiro atoms. The van der Waals surface area contributed by atoms with E-state index in [4.69, 9.17) is 9.56 Å². The van der Waals surface area contributed by atoms with Crippen LogP contribution in [0.5, 0.6) is 0 Å². The molecule has 10 heteroatoms. The Labute approximate surface area is 121 Å². The van der Waals surface area contributed by atoms with Gasteiger partial charge < -0.3 is 9.73 Å². The van der Waals surface area contributed by atoms with Crippen molar-refractivity contribution in [2.24, 2.45) is 5.14 Å². The van der Waals surface area contributed by atoms with Crippen LogP contribution in [0.15, 0.2) is 20.0 Å². The maximum absolute atomic E-state index is 11.7. The molecule has 0 aliphatic carbocycles. The highest BCUT2D eigenvalue weighted by atomic mass is 79.9. The van der Waals surface area contributed by atoms with Gasteiger partial charge in [0.25, 0.3) is 5.91 Å². The number of rotatable bonds is 5. The molecular weight excluding hydrogens is 360 g/mol. The number of carbonyl (C=O) groups excluding carboxylic acids is 1. The van der Waals surface area contributed by atoms with Gasteiger partial charge in [-0.15, -0.1) is 0 Å². The topological polar surface area (TPSA) is 119 Å². The summed E-state index contributed by atoms with van der Waals surface area (Å²) in [4.78, 5) is 11.4. The number of amides is 1. The van der Waals surface area contributed by atoms with E-state index in [0.29, 0.717) is 0 Å². The fraction of sp³-hybridized carbons (Fsp3) is 0.444. The van der Waals surface area contributed by atoms with Gasteiger partial charge in [0.05, 0.1) is 0 Å². The Morgan fingerprint density at radius 1 is 1.63 bits per heavy atom. The number of carbonyl (C=O) groups is 1. The van der Waals surface area contributed by atoms with E-state index in [1.165, 1.54) is 6.26 Å². The van der Waals surface area contributed by atoms with Crippen molar-refractivity contribution in [2.45, 2.75) is 17.1 Å². The lowest BCUT2D eigenvalue weighted by Crippen LogP contribution is -2.32. The molecule has 0 aliphatic heterocycles. The summed E-state index contributed by atoms with van der Waals surface area (Å²) in [6.45, 7) is 1.90. The lowest BCUT2D eigenvalue weighted by Gasteiger charge is -2.08. The minimum Gasteiger partial charge on any atom is -0.443 e. The van der Waals surface area contributed by atoms with E-state index in [0.717, 1.165) is 6.07 Å². The first kappa shape index (κ1) is 16.3. The predicted molar refractivity (Wildman–Crippen MR) is 73.6 cm³/mol. The lowest BCUT2D eigenvalue weighted by molar-refractivity contribution is 0.0925. The van der Waals surface area contributed by atoms with Crippen molar-refractivity contribution in [3.8, 4) is 0 Å². The van der Waals surface area contributed by atoms with E-state index in [-0.39, 0.29) is 27.1 Å². The molecular formula is C9H13BrN2O5S2.